The van der Waals surface area contributed by atoms with Crippen LogP contribution >= 0.6 is 11.3 Å². The van der Waals surface area contributed by atoms with Crippen molar-refractivity contribution < 1.29 is 9.90 Å². The van der Waals surface area contributed by atoms with E-state index in [0.717, 1.165) is 5.69 Å². The van der Waals surface area contributed by atoms with Gasteiger partial charge in [0.15, 0.2) is 10.8 Å². The molecule has 0 aliphatic carbocycles. The Bertz CT molecular complexity index is 505. The smallest absolute Gasteiger partial charge is 0.355 e. The van der Waals surface area contributed by atoms with Crippen molar-refractivity contribution in [3.05, 3.63) is 29.0 Å². The quantitative estimate of drug-likeness (QED) is 0.836. The summed E-state index contributed by atoms with van der Waals surface area (Å²) >= 11 is 1.27. The van der Waals surface area contributed by atoms with Gasteiger partial charge in [0, 0.05) is 18.6 Å². The second kappa shape index (κ2) is 4.31. The topological polar surface area (TPSA) is 80.0 Å². The Balaban J connectivity index is 2.00. The molecule has 0 bridgehead atoms. The van der Waals surface area contributed by atoms with E-state index in [1.54, 1.807) is 10.9 Å². The molecule has 16 heavy (non-hydrogen) atoms. The highest BCUT2D eigenvalue weighted by molar-refractivity contribution is 7.13. The number of hydrogen-bond donors (Lipinski definition) is 2. The minimum atomic E-state index is -1.01. The summed E-state index contributed by atoms with van der Waals surface area (Å²) in [6.45, 7) is 0.572. The van der Waals surface area contributed by atoms with Gasteiger partial charge in [0.25, 0.3) is 0 Å². The molecular formula is C9H10N4O2S. The summed E-state index contributed by atoms with van der Waals surface area (Å²) in [5, 5.41) is 17.9. The van der Waals surface area contributed by atoms with E-state index < -0.39 is 5.97 Å². The Morgan fingerprint density at radius 1 is 1.69 bits per heavy atom. The Hall–Kier alpha value is -1.89. The van der Waals surface area contributed by atoms with Gasteiger partial charge in [0.2, 0.25) is 0 Å². The molecular weight excluding hydrogens is 228 g/mol. The first-order valence-corrected chi connectivity index (χ1v) is 5.44. The molecule has 0 radical (unpaired) electrons. The zero-order valence-corrected chi connectivity index (χ0v) is 9.36. The van der Waals surface area contributed by atoms with Gasteiger partial charge in [-0.05, 0) is 6.07 Å². The molecule has 0 spiro atoms. The van der Waals surface area contributed by atoms with Crippen LogP contribution in [0.25, 0.3) is 0 Å². The summed E-state index contributed by atoms with van der Waals surface area (Å²) in [7, 11) is 1.85. The average molecular weight is 238 g/mol. The van der Waals surface area contributed by atoms with Gasteiger partial charge < -0.3 is 10.4 Å². The number of aromatic carboxylic acids is 1. The molecule has 0 aliphatic rings. The summed E-state index contributed by atoms with van der Waals surface area (Å²) in [5.74, 6) is -1.01. The second-order valence-corrected chi connectivity index (χ2v) is 4.00. The molecule has 0 aromatic carbocycles. The van der Waals surface area contributed by atoms with Crippen LogP contribution in [0.2, 0.25) is 0 Å². The van der Waals surface area contributed by atoms with Gasteiger partial charge in [-0.15, -0.1) is 11.3 Å². The molecule has 0 saturated heterocycles. The van der Waals surface area contributed by atoms with E-state index in [9.17, 15) is 4.79 Å². The third kappa shape index (κ3) is 2.19. The van der Waals surface area contributed by atoms with Gasteiger partial charge in [-0.1, -0.05) is 0 Å². The maximum Gasteiger partial charge on any atom is 0.355 e. The van der Waals surface area contributed by atoms with Crippen LogP contribution in [-0.4, -0.2) is 25.8 Å². The normalized spacial score (nSPS) is 10.3. The maximum absolute atomic E-state index is 10.6. The summed E-state index contributed by atoms with van der Waals surface area (Å²) in [6, 6.07) is 1.89. The monoisotopic (exact) mass is 238 g/mol. The van der Waals surface area contributed by atoms with Gasteiger partial charge in [0.1, 0.15) is 0 Å². The number of hydrogen-bond acceptors (Lipinski definition) is 5. The zero-order chi connectivity index (χ0) is 11.5. The zero-order valence-electron chi connectivity index (χ0n) is 8.54. The molecule has 6 nitrogen and oxygen atoms in total. The largest absolute Gasteiger partial charge is 0.476 e. The molecule has 2 aromatic rings. The second-order valence-electron chi connectivity index (χ2n) is 3.14. The third-order valence-corrected chi connectivity index (χ3v) is 2.87. The van der Waals surface area contributed by atoms with Crippen LogP contribution in [0, 0.1) is 0 Å². The molecule has 0 amide bonds. The van der Waals surface area contributed by atoms with Gasteiger partial charge in [-0.25, -0.2) is 9.78 Å². The van der Waals surface area contributed by atoms with Crippen LogP contribution in [-0.2, 0) is 13.6 Å². The lowest BCUT2D eigenvalue weighted by Gasteiger charge is -2.02. The van der Waals surface area contributed by atoms with E-state index in [1.807, 2.05) is 13.1 Å². The van der Waals surface area contributed by atoms with Crippen LogP contribution in [0.1, 0.15) is 16.2 Å². The first-order chi connectivity index (χ1) is 7.66. The number of nitrogens with zero attached hydrogens (tertiary/aromatic N) is 3. The molecule has 7 heteroatoms. The number of aromatic nitrogens is 3. The lowest BCUT2D eigenvalue weighted by Crippen LogP contribution is -2.05. The fourth-order valence-electron chi connectivity index (χ4n) is 1.19. The summed E-state index contributed by atoms with van der Waals surface area (Å²) in [5.41, 5.74) is 1.07. The molecule has 0 saturated carbocycles. The summed E-state index contributed by atoms with van der Waals surface area (Å²) < 4.78 is 1.75. The predicted molar refractivity (Wildman–Crippen MR) is 59.6 cm³/mol. The van der Waals surface area contributed by atoms with Crippen molar-refractivity contribution >= 4 is 22.4 Å². The summed E-state index contributed by atoms with van der Waals surface area (Å²) in [6.07, 6.45) is 1.71. The van der Waals surface area contributed by atoms with Gasteiger partial charge in [-0.3, -0.25) is 4.68 Å². The Kier molecular flexibility index (Phi) is 2.86. The molecule has 2 rings (SSSR count). The van der Waals surface area contributed by atoms with Gasteiger partial charge >= 0.3 is 5.97 Å². The molecule has 0 atom stereocenters. The van der Waals surface area contributed by atoms with E-state index in [2.05, 4.69) is 15.4 Å². The molecule has 0 unspecified atom stereocenters. The highest BCUT2D eigenvalue weighted by Gasteiger charge is 2.08. The molecule has 2 heterocycles. The van der Waals surface area contributed by atoms with Crippen molar-refractivity contribution in [1.29, 1.82) is 0 Å². The SMILES string of the molecule is Cn1nccc1CNc1nc(C(=O)O)cs1. The number of aryl methyl sites for hydroxylation is 1. The van der Waals surface area contributed by atoms with Crippen molar-refractivity contribution in [3.63, 3.8) is 0 Å². The summed E-state index contributed by atoms with van der Waals surface area (Å²) in [4.78, 5) is 14.5. The van der Waals surface area contributed by atoms with E-state index in [1.165, 1.54) is 16.7 Å². The highest BCUT2D eigenvalue weighted by atomic mass is 32.1. The van der Waals surface area contributed by atoms with E-state index >= 15 is 0 Å². The Morgan fingerprint density at radius 2 is 2.50 bits per heavy atom. The first-order valence-electron chi connectivity index (χ1n) is 4.56. The van der Waals surface area contributed by atoms with Crippen molar-refractivity contribution in [3.8, 4) is 0 Å². The van der Waals surface area contributed by atoms with Crippen molar-refractivity contribution in [2.24, 2.45) is 7.05 Å². The minimum absolute atomic E-state index is 0.0671. The number of thiazole rings is 1. The number of carbonyl (C=O) groups is 1. The van der Waals surface area contributed by atoms with Gasteiger partial charge in [0.05, 0.1) is 12.2 Å². The maximum atomic E-state index is 10.6. The van der Waals surface area contributed by atoms with Crippen molar-refractivity contribution in [2.45, 2.75) is 6.54 Å². The minimum Gasteiger partial charge on any atom is -0.476 e. The van der Waals surface area contributed by atoms with Crippen LogP contribution in [0.4, 0.5) is 5.13 Å². The standard InChI is InChI=1S/C9H10N4O2S/c1-13-6(2-3-11-13)4-10-9-12-7(5-16-9)8(14)15/h2-3,5H,4H2,1H3,(H,10,12)(H,14,15). The Morgan fingerprint density at radius 3 is 3.06 bits per heavy atom. The average Bonchev–Trinajstić information content (AvgIpc) is 2.83. The lowest BCUT2D eigenvalue weighted by molar-refractivity contribution is 0.0691. The fraction of sp³-hybridized carbons (Fsp3) is 0.222. The van der Waals surface area contributed by atoms with E-state index in [4.69, 9.17) is 5.11 Å². The molecule has 0 fully saturated rings. The van der Waals surface area contributed by atoms with Crippen LogP contribution in [0.15, 0.2) is 17.6 Å². The first kappa shape index (κ1) is 10.6. The number of anilines is 1. The van der Waals surface area contributed by atoms with Crippen LogP contribution < -0.4 is 5.32 Å². The fourth-order valence-corrected chi connectivity index (χ4v) is 1.88. The van der Waals surface area contributed by atoms with Crippen LogP contribution in [0.5, 0.6) is 0 Å². The highest BCUT2D eigenvalue weighted by Crippen LogP contribution is 2.16. The lowest BCUT2D eigenvalue weighted by atomic mass is 10.4. The van der Waals surface area contributed by atoms with E-state index in [-0.39, 0.29) is 5.69 Å². The number of rotatable bonds is 4. The van der Waals surface area contributed by atoms with Crippen molar-refractivity contribution in [2.75, 3.05) is 5.32 Å². The van der Waals surface area contributed by atoms with Gasteiger partial charge in [-0.2, -0.15) is 5.10 Å². The number of carboxylic acids is 1. The number of nitrogens with one attached hydrogen (secondary N) is 1. The number of carboxylic acid groups (broad SMARTS) is 1. The molecule has 84 valence electrons. The predicted octanol–water partition coefficient (Wildman–Crippen LogP) is 1.19. The van der Waals surface area contributed by atoms with Crippen molar-refractivity contribution in [1.82, 2.24) is 14.8 Å². The Labute approximate surface area is 95.6 Å². The van der Waals surface area contributed by atoms with E-state index in [0.29, 0.717) is 11.7 Å². The third-order valence-electron chi connectivity index (χ3n) is 2.07. The molecule has 2 N–H and O–H groups in total. The van der Waals surface area contributed by atoms with Crippen LogP contribution in [0.3, 0.4) is 0 Å². The molecule has 0 aliphatic heterocycles. The molecule has 2 aromatic heterocycles.